The van der Waals surface area contributed by atoms with Crippen LogP contribution in [0.4, 0.5) is 8.78 Å². The van der Waals surface area contributed by atoms with Crippen molar-refractivity contribution in [2.24, 2.45) is 5.92 Å². The summed E-state index contributed by atoms with van der Waals surface area (Å²) in [5.74, 6) is 0.0256. The molecular weight excluding hydrogens is 366 g/mol. The lowest BCUT2D eigenvalue weighted by Gasteiger charge is -2.37. The number of fused-ring (bicyclic) bond motifs is 1. The number of likely N-dealkylation sites (tertiary alicyclic amines) is 1. The highest BCUT2D eigenvalue weighted by molar-refractivity contribution is 5.93. The number of piperidine rings is 1. The molecule has 3 aromatic heterocycles. The second kappa shape index (κ2) is 7.21. The maximum atomic E-state index is 13.3. The van der Waals surface area contributed by atoms with Crippen molar-refractivity contribution in [3.63, 3.8) is 0 Å². The van der Waals surface area contributed by atoms with Gasteiger partial charge in [-0.25, -0.2) is 18.3 Å². The minimum atomic E-state index is -2.70. The van der Waals surface area contributed by atoms with E-state index in [1.165, 1.54) is 16.9 Å². The third-order valence-electron chi connectivity index (χ3n) is 5.36. The number of aromatic nitrogens is 5. The Morgan fingerprint density at radius 3 is 2.89 bits per heavy atom. The molecule has 4 rings (SSSR count). The Kier molecular flexibility index (Phi) is 4.74. The van der Waals surface area contributed by atoms with E-state index in [1.807, 2.05) is 13.0 Å². The van der Waals surface area contributed by atoms with Gasteiger partial charge >= 0.3 is 0 Å². The quantitative estimate of drug-likeness (QED) is 0.692. The summed E-state index contributed by atoms with van der Waals surface area (Å²) in [5.41, 5.74) is 1.50. The van der Waals surface area contributed by atoms with Crippen LogP contribution in [0.3, 0.4) is 0 Å². The van der Waals surface area contributed by atoms with Crippen LogP contribution < -0.4 is 0 Å². The molecule has 0 N–H and O–H groups in total. The lowest BCUT2D eigenvalue weighted by Crippen LogP contribution is -2.43. The van der Waals surface area contributed by atoms with Crippen LogP contribution in [0.15, 0.2) is 30.7 Å². The van der Waals surface area contributed by atoms with Crippen molar-refractivity contribution < 1.29 is 13.6 Å². The van der Waals surface area contributed by atoms with E-state index in [0.29, 0.717) is 24.5 Å². The number of amides is 1. The number of alkyl halides is 2. The summed E-state index contributed by atoms with van der Waals surface area (Å²) in [6.07, 6.45) is 0.953. The maximum Gasteiger partial charge on any atom is 0.280 e. The first-order valence-corrected chi connectivity index (χ1v) is 9.15. The first-order chi connectivity index (χ1) is 13.5. The van der Waals surface area contributed by atoms with Gasteiger partial charge in [0.05, 0.1) is 5.69 Å². The van der Waals surface area contributed by atoms with Gasteiger partial charge in [-0.2, -0.15) is 10.1 Å². The number of hydrogen-bond donors (Lipinski definition) is 0. The van der Waals surface area contributed by atoms with E-state index in [4.69, 9.17) is 0 Å². The van der Waals surface area contributed by atoms with Gasteiger partial charge in [-0.05, 0) is 37.0 Å². The first-order valence-electron chi connectivity index (χ1n) is 9.15. The molecule has 2 atom stereocenters. The van der Waals surface area contributed by atoms with E-state index in [0.717, 1.165) is 12.0 Å². The van der Waals surface area contributed by atoms with E-state index < -0.39 is 6.43 Å². The van der Waals surface area contributed by atoms with Crippen LogP contribution in [0.5, 0.6) is 0 Å². The predicted molar refractivity (Wildman–Crippen MR) is 97.1 cm³/mol. The number of rotatable bonds is 3. The monoisotopic (exact) mass is 386 g/mol. The van der Waals surface area contributed by atoms with E-state index in [9.17, 15) is 13.6 Å². The van der Waals surface area contributed by atoms with Crippen molar-refractivity contribution in [3.05, 3.63) is 53.4 Å². The number of pyridine rings is 1. The lowest BCUT2D eigenvalue weighted by atomic mass is 9.84. The van der Waals surface area contributed by atoms with Gasteiger partial charge in [-0.1, -0.05) is 13.0 Å². The summed E-state index contributed by atoms with van der Waals surface area (Å²) in [6.45, 7) is 4.90. The number of carbonyl (C=O) groups excluding carboxylic acids is 1. The Balaban J connectivity index is 1.70. The van der Waals surface area contributed by atoms with Crippen molar-refractivity contribution >= 4 is 11.7 Å². The van der Waals surface area contributed by atoms with Crippen molar-refractivity contribution in [2.75, 3.05) is 13.1 Å². The SMILES string of the molecule is Cc1cccnc1C(=O)N1CC[C@@H](C)C(c2cc(C(F)F)nc3ncnn23)C1. The number of carbonyl (C=O) groups is 1. The number of hydrogen-bond acceptors (Lipinski definition) is 5. The molecule has 0 saturated carbocycles. The molecule has 1 aliphatic heterocycles. The normalized spacial score (nSPS) is 20.1. The smallest absolute Gasteiger partial charge is 0.280 e. The molecule has 1 amide bonds. The molecule has 0 radical (unpaired) electrons. The van der Waals surface area contributed by atoms with E-state index in [-0.39, 0.29) is 29.2 Å². The zero-order valence-electron chi connectivity index (χ0n) is 15.6. The average Bonchev–Trinajstić information content (AvgIpc) is 3.16. The number of aryl methyl sites for hydroxylation is 1. The third-order valence-corrected chi connectivity index (χ3v) is 5.36. The number of halogens is 2. The van der Waals surface area contributed by atoms with Crippen LogP contribution >= 0.6 is 0 Å². The van der Waals surface area contributed by atoms with Crippen LogP contribution in [-0.4, -0.2) is 48.5 Å². The molecule has 1 fully saturated rings. The topological polar surface area (TPSA) is 76.3 Å². The Hall–Kier alpha value is -2.97. The Bertz CT molecular complexity index is 1020. The molecule has 0 spiro atoms. The molecule has 0 aromatic carbocycles. The van der Waals surface area contributed by atoms with Crippen LogP contribution in [0.25, 0.3) is 5.78 Å². The second-order valence-electron chi connectivity index (χ2n) is 7.17. The molecule has 0 aliphatic carbocycles. The number of nitrogens with zero attached hydrogens (tertiary/aromatic N) is 6. The summed E-state index contributed by atoms with van der Waals surface area (Å²) in [5, 5.41) is 4.15. The third kappa shape index (κ3) is 3.21. The first kappa shape index (κ1) is 18.4. The van der Waals surface area contributed by atoms with Gasteiger partial charge in [0, 0.05) is 25.2 Å². The highest BCUT2D eigenvalue weighted by atomic mass is 19.3. The molecular formula is C19H20F2N6O. The molecule has 7 nitrogen and oxygen atoms in total. The fourth-order valence-corrected chi connectivity index (χ4v) is 3.73. The largest absolute Gasteiger partial charge is 0.337 e. The standard InChI is InChI=1S/C19H20F2N6O/c1-11-5-7-26(18(28)16-12(2)4-3-6-22-16)9-13(11)15-8-14(17(20)21)25-19-23-10-24-27(15)19/h3-4,6,8,10-11,13,17H,5,7,9H2,1-2H3/t11-,13?/m1/s1. The molecule has 9 heteroatoms. The Morgan fingerprint density at radius 1 is 1.32 bits per heavy atom. The summed E-state index contributed by atoms with van der Waals surface area (Å²) in [6, 6.07) is 5.02. The summed E-state index contributed by atoms with van der Waals surface area (Å²) >= 11 is 0. The van der Waals surface area contributed by atoms with Gasteiger partial charge in [0.1, 0.15) is 17.7 Å². The highest BCUT2D eigenvalue weighted by Gasteiger charge is 2.33. The minimum Gasteiger partial charge on any atom is -0.337 e. The van der Waals surface area contributed by atoms with Crippen LogP contribution in [-0.2, 0) is 0 Å². The molecule has 1 aliphatic rings. The molecule has 28 heavy (non-hydrogen) atoms. The predicted octanol–water partition coefficient (Wildman–Crippen LogP) is 3.03. The van der Waals surface area contributed by atoms with Gasteiger partial charge in [-0.15, -0.1) is 0 Å². The minimum absolute atomic E-state index is 0.143. The van der Waals surface area contributed by atoms with Crippen LogP contribution in [0.2, 0.25) is 0 Å². The van der Waals surface area contributed by atoms with Crippen molar-refractivity contribution in [1.82, 2.24) is 29.5 Å². The molecule has 3 aromatic rings. The average molecular weight is 386 g/mol. The zero-order chi connectivity index (χ0) is 19.8. The van der Waals surface area contributed by atoms with Gasteiger partial charge < -0.3 is 4.90 Å². The van der Waals surface area contributed by atoms with Crippen molar-refractivity contribution in [2.45, 2.75) is 32.6 Å². The summed E-state index contributed by atoms with van der Waals surface area (Å²) < 4.78 is 28.1. The summed E-state index contributed by atoms with van der Waals surface area (Å²) in [4.78, 5) is 26.8. The molecule has 4 heterocycles. The van der Waals surface area contributed by atoms with Crippen molar-refractivity contribution in [3.8, 4) is 0 Å². The van der Waals surface area contributed by atoms with Crippen molar-refractivity contribution in [1.29, 1.82) is 0 Å². The van der Waals surface area contributed by atoms with Gasteiger partial charge in [0.25, 0.3) is 18.1 Å². The van der Waals surface area contributed by atoms with Crippen LogP contribution in [0.1, 0.15) is 53.1 Å². The molecule has 1 saturated heterocycles. The van der Waals surface area contributed by atoms with Gasteiger partial charge in [0.15, 0.2) is 0 Å². The fraction of sp³-hybridized carbons (Fsp3) is 0.421. The molecule has 0 bridgehead atoms. The zero-order valence-corrected chi connectivity index (χ0v) is 15.6. The lowest BCUT2D eigenvalue weighted by molar-refractivity contribution is 0.0658. The Morgan fingerprint density at radius 2 is 2.14 bits per heavy atom. The van der Waals surface area contributed by atoms with E-state index in [1.54, 1.807) is 17.2 Å². The highest BCUT2D eigenvalue weighted by Crippen LogP contribution is 2.34. The molecule has 1 unspecified atom stereocenters. The summed E-state index contributed by atoms with van der Waals surface area (Å²) in [7, 11) is 0. The van der Waals surface area contributed by atoms with Crippen LogP contribution in [0, 0.1) is 12.8 Å². The fourth-order valence-electron chi connectivity index (χ4n) is 3.73. The van der Waals surface area contributed by atoms with E-state index >= 15 is 0 Å². The van der Waals surface area contributed by atoms with Gasteiger partial charge in [-0.3, -0.25) is 9.78 Å². The molecule has 146 valence electrons. The van der Waals surface area contributed by atoms with Gasteiger partial charge in [0.2, 0.25) is 0 Å². The second-order valence-corrected chi connectivity index (χ2v) is 7.17. The van der Waals surface area contributed by atoms with E-state index in [2.05, 4.69) is 27.0 Å². The maximum absolute atomic E-state index is 13.3. The Labute approximate surface area is 160 Å².